The lowest BCUT2D eigenvalue weighted by Gasteiger charge is -2.17. The summed E-state index contributed by atoms with van der Waals surface area (Å²) in [6.45, 7) is -0.130. The molecule has 0 saturated carbocycles. The Labute approximate surface area is 125 Å². The molecule has 0 radical (unpaired) electrons. The first kappa shape index (κ1) is 15.4. The first-order valence-electron chi connectivity index (χ1n) is 6.33. The van der Waals surface area contributed by atoms with Gasteiger partial charge in [0, 0.05) is 25.0 Å². The molecule has 22 heavy (non-hydrogen) atoms. The summed E-state index contributed by atoms with van der Waals surface area (Å²) in [5.41, 5.74) is 0.259. The third-order valence-corrected chi connectivity index (χ3v) is 2.83. The van der Waals surface area contributed by atoms with E-state index in [-0.39, 0.29) is 18.1 Å². The number of hydrogen-bond acceptors (Lipinski definition) is 5. The van der Waals surface area contributed by atoms with Crippen LogP contribution in [-0.2, 0) is 4.79 Å². The number of rotatable bonds is 5. The molecule has 0 spiro atoms. The van der Waals surface area contributed by atoms with Crippen LogP contribution in [-0.4, -0.2) is 29.4 Å². The minimum absolute atomic E-state index is 0.0988. The number of hydrogen-bond donors (Lipinski definition) is 1. The fraction of sp³-hybridized carbons (Fsp3) is 0.143. The number of amides is 1. The highest BCUT2D eigenvalue weighted by Gasteiger charge is 2.19. The van der Waals surface area contributed by atoms with Gasteiger partial charge in [-0.2, -0.15) is 0 Å². The van der Waals surface area contributed by atoms with Crippen LogP contribution in [0.5, 0.6) is 0 Å². The number of nitrogens with zero attached hydrogens (tertiary/aromatic N) is 3. The van der Waals surface area contributed by atoms with Gasteiger partial charge in [-0.25, -0.2) is 9.37 Å². The van der Waals surface area contributed by atoms with Crippen molar-refractivity contribution in [3.8, 4) is 0 Å². The first-order chi connectivity index (χ1) is 10.5. The number of aromatic nitrogens is 1. The molecule has 0 aliphatic carbocycles. The molecule has 2 rings (SSSR count). The van der Waals surface area contributed by atoms with Gasteiger partial charge in [0.05, 0.1) is 11.5 Å². The zero-order valence-electron chi connectivity index (χ0n) is 11.7. The summed E-state index contributed by atoms with van der Waals surface area (Å²) >= 11 is 0. The van der Waals surface area contributed by atoms with E-state index >= 15 is 0 Å². The number of carbonyl (C=O) groups is 1. The van der Waals surface area contributed by atoms with E-state index in [1.54, 1.807) is 0 Å². The fourth-order valence-corrected chi connectivity index (χ4v) is 1.85. The maximum Gasteiger partial charge on any atom is 0.311 e. The number of pyridine rings is 1. The molecular weight excluding hydrogens is 291 g/mol. The van der Waals surface area contributed by atoms with Crippen LogP contribution >= 0.6 is 0 Å². The summed E-state index contributed by atoms with van der Waals surface area (Å²) in [6.07, 6.45) is 1.41. The number of benzene rings is 1. The molecule has 0 saturated heterocycles. The molecule has 0 unspecified atom stereocenters. The van der Waals surface area contributed by atoms with E-state index in [9.17, 15) is 19.3 Å². The zero-order chi connectivity index (χ0) is 16.1. The number of nitrogens with one attached hydrogen (secondary N) is 1. The van der Waals surface area contributed by atoms with Crippen LogP contribution < -0.4 is 10.2 Å². The van der Waals surface area contributed by atoms with Gasteiger partial charge >= 0.3 is 5.69 Å². The van der Waals surface area contributed by atoms with Gasteiger partial charge in [-0.3, -0.25) is 14.9 Å². The second-order valence-corrected chi connectivity index (χ2v) is 4.51. The SMILES string of the molecule is CN(CC(=O)Nc1ccc(F)cc1)c1ncccc1[N+](=O)[O-]. The predicted molar refractivity (Wildman–Crippen MR) is 79.2 cm³/mol. The molecule has 0 bridgehead atoms. The Bertz CT molecular complexity index is 691. The Morgan fingerprint density at radius 2 is 2.05 bits per heavy atom. The molecule has 0 atom stereocenters. The minimum Gasteiger partial charge on any atom is -0.345 e. The van der Waals surface area contributed by atoms with E-state index < -0.39 is 16.6 Å². The van der Waals surface area contributed by atoms with Gasteiger partial charge in [-0.15, -0.1) is 0 Å². The van der Waals surface area contributed by atoms with Crippen molar-refractivity contribution in [2.24, 2.45) is 0 Å². The average Bonchev–Trinajstić information content (AvgIpc) is 2.49. The van der Waals surface area contributed by atoms with Gasteiger partial charge in [-0.1, -0.05) is 0 Å². The van der Waals surface area contributed by atoms with Gasteiger partial charge in [0.25, 0.3) is 0 Å². The molecule has 2 aromatic rings. The Kier molecular flexibility index (Phi) is 4.62. The van der Waals surface area contributed by atoms with Crippen LogP contribution in [0.4, 0.5) is 21.6 Å². The highest BCUT2D eigenvalue weighted by molar-refractivity contribution is 5.94. The molecule has 0 aliphatic heterocycles. The molecule has 1 heterocycles. The Morgan fingerprint density at radius 1 is 1.36 bits per heavy atom. The molecule has 114 valence electrons. The molecule has 0 fully saturated rings. The van der Waals surface area contributed by atoms with E-state index in [4.69, 9.17) is 0 Å². The lowest BCUT2D eigenvalue weighted by molar-refractivity contribution is -0.384. The van der Waals surface area contributed by atoms with Crippen molar-refractivity contribution in [1.29, 1.82) is 0 Å². The Balaban J connectivity index is 2.05. The predicted octanol–water partition coefficient (Wildman–Crippen LogP) is 2.20. The van der Waals surface area contributed by atoms with Gasteiger partial charge < -0.3 is 10.2 Å². The summed E-state index contributed by atoms with van der Waals surface area (Å²) in [4.78, 5) is 27.6. The largest absolute Gasteiger partial charge is 0.345 e. The van der Waals surface area contributed by atoms with Crippen molar-refractivity contribution >= 4 is 23.1 Å². The van der Waals surface area contributed by atoms with Gasteiger partial charge in [0.2, 0.25) is 11.7 Å². The molecule has 8 heteroatoms. The molecule has 1 N–H and O–H groups in total. The Morgan fingerprint density at radius 3 is 2.68 bits per heavy atom. The molecular formula is C14H13FN4O3. The number of halogens is 1. The lowest BCUT2D eigenvalue weighted by atomic mass is 10.3. The number of likely N-dealkylation sites (N-methyl/N-ethyl adjacent to an activating group) is 1. The quantitative estimate of drug-likeness (QED) is 0.675. The van der Waals surface area contributed by atoms with E-state index in [1.165, 1.54) is 54.5 Å². The van der Waals surface area contributed by atoms with Crippen molar-refractivity contribution in [2.45, 2.75) is 0 Å². The first-order valence-corrected chi connectivity index (χ1v) is 6.33. The van der Waals surface area contributed by atoms with Gasteiger partial charge in [-0.05, 0) is 30.3 Å². The van der Waals surface area contributed by atoms with E-state index in [1.807, 2.05) is 0 Å². The van der Waals surface area contributed by atoms with Crippen molar-refractivity contribution in [3.63, 3.8) is 0 Å². The van der Waals surface area contributed by atoms with Crippen LogP contribution in [0.15, 0.2) is 42.6 Å². The maximum atomic E-state index is 12.8. The summed E-state index contributed by atoms with van der Waals surface area (Å²) < 4.78 is 12.8. The topological polar surface area (TPSA) is 88.4 Å². The van der Waals surface area contributed by atoms with Crippen LogP contribution in [0.1, 0.15) is 0 Å². The maximum absolute atomic E-state index is 12.8. The lowest BCUT2D eigenvalue weighted by Crippen LogP contribution is -2.31. The third-order valence-electron chi connectivity index (χ3n) is 2.83. The van der Waals surface area contributed by atoms with E-state index in [2.05, 4.69) is 10.3 Å². The van der Waals surface area contributed by atoms with Crippen LogP contribution in [0, 0.1) is 15.9 Å². The number of nitro groups is 1. The molecule has 1 aromatic carbocycles. The minimum atomic E-state index is -0.559. The van der Waals surface area contributed by atoms with Crippen LogP contribution in [0.3, 0.4) is 0 Å². The van der Waals surface area contributed by atoms with Crippen molar-refractivity contribution in [3.05, 3.63) is 58.5 Å². The molecule has 0 aliphatic rings. The third kappa shape index (κ3) is 3.75. The van der Waals surface area contributed by atoms with Crippen molar-refractivity contribution < 1.29 is 14.1 Å². The van der Waals surface area contributed by atoms with Crippen LogP contribution in [0.25, 0.3) is 0 Å². The van der Waals surface area contributed by atoms with Crippen LogP contribution in [0.2, 0.25) is 0 Å². The summed E-state index contributed by atoms with van der Waals surface area (Å²) in [7, 11) is 1.53. The van der Waals surface area contributed by atoms with Gasteiger partial charge in [0.15, 0.2) is 0 Å². The number of anilines is 2. The monoisotopic (exact) mass is 304 g/mol. The van der Waals surface area contributed by atoms with Crippen molar-refractivity contribution in [2.75, 3.05) is 23.8 Å². The fourth-order valence-electron chi connectivity index (χ4n) is 1.85. The summed E-state index contributed by atoms with van der Waals surface area (Å²) in [6, 6.07) is 8.07. The second kappa shape index (κ2) is 6.61. The summed E-state index contributed by atoms with van der Waals surface area (Å²) in [5.74, 6) is -0.699. The molecule has 7 nitrogen and oxygen atoms in total. The van der Waals surface area contributed by atoms with Crippen molar-refractivity contribution in [1.82, 2.24) is 4.98 Å². The molecule has 1 aromatic heterocycles. The standard InChI is InChI=1S/C14H13FN4O3/c1-18(14-12(19(21)22)3-2-8-16-14)9-13(20)17-11-6-4-10(15)5-7-11/h2-8H,9H2,1H3,(H,17,20). The van der Waals surface area contributed by atoms with E-state index in [0.29, 0.717) is 5.69 Å². The highest BCUT2D eigenvalue weighted by atomic mass is 19.1. The average molecular weight is 304 g/mol. The Hall–Kier alpha value is -3.03. The molecule has 1 amide bonds. The smallest absolute Gasteiger partial charge is 0.311 e. The van der Waals surface area contributed by atoms with E-state index in [0.717, 1.165) is 0 Å². The second-order valence-electron chi connectivity index (χ2n) is 4.51. The number of carbonyl (C=O) groups excluding carboxylic acids is 1. The summed E-state index contributed by atoms with van der Waals surface area (Å²) in [5, 5.41) is 13.5. The zero-order valence-corrected chi connectivity index (χ0v) is 11.7. The van der Waals surface area contributed by atoms with Gasteiger partial charge in [0.1, 0.15) is 5.82 Å². The normalized spacial score (nSPS) is 10.1. The highest BCUT2D eigenvalue weighted by Crippen LogP contribution is 2.23.